The van der Waals surface area contributed by atoms with Gasteiger partial charge in [-0.1, -0.05) is 5.16 Å². The van der Waals surface area contributed by atoms with Gasteiger partial charge in [-0.2, -0.15) is 0 Å². The maximum atomic E-state index is 11.0. The fraction of sp³-hybridized carbons (Fsp3) is 0.500. The zero-order chi connectivity index (χ0) is 12.1. The molecule has 0 unspecified atom stereocenters. The molecule has 0 aromatic carbocycles. The van der Waals surface area contributed by atoms with E-state index in [2.05, 4.69) is 15.3 Å². The fourth-order valence-electron chi connectivity index (χ4n) is 1.06. The van der Waals surface area contributed by atoms with Gasteiger partial charge in [-0.25, -0.2) is 4.79 Å². The molecule has 0 saturated carbocycles. The van der Waals surface area contributed by atoms with E-state index in [1.54, 1.807) is 0 Å². The zero-order valence-electron chi connectivity index (χ0n) is 8.10. The topological polar surface area (TPSA) is 105 Å². The lowest BCUT2D eigenvalue weighted by molar-refractivity contribution is -0.132. The van der Waals surface area contributed by atoms with E-state index in [0.717, 1.165) is 0 Å². The van der Waals surface area contributed by atoms with Gasteiger partial charge >= 0.3 is 5.97 Å². The van der Waals surface area contributed by atoms with E-state index in [1.165, 1.54) is 0 Å². The minimum Gasteiger partial charge on any atom is -0.476 e. The normalized spacial score (nSPS) is 20.4. The summed E-state index contributed by atoms with van der Waals surface area (Å²) in [6.45, 7) is 0.435. The first-order chi connectivity index (χ1) is 7.56. The average Bonchev–Trinajstić information content (AvgIpc) is 2.64. The highest BCUT2D eigenvalue weighted by molar-refractivity contribution is 6.67. The van der Waals surface area contributed by atoms with Crippen molar-refractivity contribution in [2.24, 2.45) is 5.16 Å². The number of nitrogens with one attached hydrogen (secondary N) is 1. The molecular formula is C8H9ClN2O5. The van der Waals surface area contributed by atoms with Crippen molar-refractivity contribution in [2.75, 3.05) is 12.4 Å². The first-order valence-electron chi connectivity index (χ1n) is 4.40. The predicted octanol–water partition coefficient (Wildman–Crippen LogP) is -0.860. The molecule has 0 aliphatic carbocycles. The van der Waals surface area contributed by atoms with E-state index in [1.807, 2.05) is 0 Å². The number of nitrogens with zero attached hydrogens (tertiary/aromatic N) is 1. The Balaban J connectivity index is 2.68. The van der Waals surface area contributed by atoms with Gasteiger partial charge in [-0.15, -0.1) is 11.6 Å². The van der Waals surface area contributed by atoms with Crippen LogP contribution in [0.15, 0.2) is 5.16 Å². The number of oxime groups is 1. The third-order valence-electron chi connectivity index (χ3n) is 1.86. The van der Waals surface area contributed by atoms with Crippen molar-refractivity contribution in [3.8, 4) is 0 Å². The number of carbonyl (C=O) groups excluding carboxylic acids is 2. The Kier molecular flexibility index (Phi) is 4.24. The van der Waals surface area contributed by atoms with Gasteiger partial charge < -0.3 is 15.3 Å². The number of alkyl halides is 1. The van der Waals surface area contributed by atoms with Crippen LogP contribution in [0.1, 0.15) is 6.42 Å². The Morgan fingerprint density at radius 2 is 2.31 bits per heavy atom. The molecule has 0 aromatic heterocycles. The number of amides is 1. The van der Waals surface area contributed by atoms with Gasteiger partial charge in [0.05, 0.1) is 5.88 Å². The molecular weight excluding hydrogens is 240 g/mol. The molecule has 88 valence electrons. The molecule has 1 rings (SSSR count). The Bertz CT molecular complexity index is 354. The van der Waals surface area contributed by atoms with Crippen molar-refractivity contribution >= 4 is 35.0 Å². The Hall–Kier alpha value is -1.63. The second kappa shape index (κ2) is 5.45. The molecule has 2 N–H and O–H groups in total. The van der Waals surface area contributed by atoms with Gasteiger partial charge in [0.15, 0.2) is 0 Å². The molecule has 0 radical (unpaired) electrons. The molecule has 1 aliphatic heterocycles. The fourth-order valence-corrected chi connectivity index (χ4v) is 1.19. The van der Waals surface area contributed by atoms with Crippen molar-refractivity contribution in [3.63, 3.8) is 0 Å². The average molecular weight is 249 g/mol. The smallest absolute Gasteiger partial charge is 0.361 e. The largest absolute Gasteiger partial charge is 0.476 e. The maximum absolute atomic E-state index is 11.0. The van der Waals surface area contributed by atoms with Gasteiger partial charge in [0, 0.05) is 13.0 Å². The highest BCUT2D eigenvalue weighted by atomic mass is 35.5. The summed E-state index contributed by atoms with van der Waals surface area (Å²) in [5, 5.41) is 14.2. The van der Waals surface area contributed by atoms with Crippen molar-refractivity contribution in [1.29, 1.82) is 0 Å². The number of Topliss-reactive ketones (excluding diaryl/α,β-unsaturated/α-hetero) is 1. The zero-order valence-corrected chi connectivity index (χ0v) is 8.86. The molecule has 1 fully saturated rings. The summed E-state index contributed by atoms with van der Waals surface area (Å²) in [6, 6.07) is 0. The lowest BCUT2D eigenvalue weighted by atomic mass is 10.3. The number of carboxylic acids is 1. The van der Waals surface area contributed by atoms with Crippen molar-refractivity contribution in [3.05, 3.63) is 0 Å². The molecule has 0 spiro atoms. The Morgan fingerprint density at radius 1 is 1.62 bits per heavy atom. The molecule has 1 aliphatic rings. The van der Waals surface area contributed by atoms with Crippen LogP contribution < -0.4 is 5.32 Å². The Morgan fingerprint density at radius 3 is 2.75 bits per heavy atom. The SMILES string of the molecule is O=C(O)/C(=N/O[C@H]1CCNC1=O)C(=O)CCl. The molecule has 16 heavy (non-hydrogen) atoms. The molecule has 1 amide bonds. The number of aliphatic carboxylic acids is 1. The van der Waals surface area contributed by atoms with Crippen LogP contribution in [0.5, 0.6) is 0 Å². The van der Waals surface area contributed by atoms with Gasteiger partial charge in [0.25, 0.3) is 5.91 Å². The van der Waals surface area contributed by atoms with Crippen LogP contribution in [-0.4, -0.2) is 47.0 Å². The van der Waals surface area contributed by atoms with E-state index in [4.69, 9.17) is 16.7 Å². The van der Waals surface area contributed by atoms with E-state index in [9.17, 15) is 14.4 Å². The number of hydrogen-bond acceptors (Lipinski definition) is 5. The van der Waals surface area contributed by atoms with Gasteiger partial charge in [-0.3, -0.25) is 9.59 Å². The number of rotatable bonds is 5. The number of carboxylic acid groups (broad SMARTS) is 1. The predicted molar refractivity (Wildman–Crippen MR) is 53.3 cm³/mol. The summed E-state index contributed by atoms with van der Waals surface area (Å²) in [5.41, 5.74) is -0.810. The minimum atomic E-state index is -1.54. The van der Waals surface area contributed by atoms with Crippen molar-refractivity contribution in [1.82, 2.24) is 5.32 Å². The van der Waals surface area contributed by atoms with E-state index in [-0.39, 0.29) is 5.91 Å². The van der Waals surface area contributed by atoms with E-state index in [0.29, 0.717) is 13.0 Å². The molecule has 1 saturated heterocycles. The second-order valence-electron chi connectivity index (χ2n) is 2.98. The lowest BCUT2D eigenvalue weighted by Crippen LogP contribution is -2.28. The highest BCUT2D eigenvalue weighted by Crippen LogP contribution is 2.05. The van der Waals surface area contributed by atoms with Crippen LogP contribution in [0, 0.1) is 0 Å². The molecule has 0 aromatic rings. The van der Waals surface area contributed by atoms with Crippen LogP contribution >= 0.6 is 11.6 Å². The summed E-state index contributed by atoms with van der Waals surface area (Å²) in [4.78, 5) is 37.3. The summed E-state index contributed by atoms with van der Waals surface area (Å²) < 4.78 is 0. The van der Waals surface area contributed by atoms with Crippen LogP contribution in [0.4, 0.5) is 0 Å². The van der Waals surface area contributed by atoms with E-state index < -0.39 is 29.4 Å². The number of halogens is 1. The second-order valence-corrected chi connectivity index (χ2v) is 3.24. The first-order valence-corrected chi connectivity index (χ1v) is 4.93. The first kappa shape index (κ1) is 12.4. The molecule has 8 heteroatoms. The standard InChI is InChI=1S/C8H9ClN2O5/c9-3-4(12)6(8(14)15)11-16-5-1-2-10-7(5)13/h5H,1-3H2,(H,10,13)(H,14,15)/b11-6+/t5-/m0/s1. The molecule has 1 heterocycles. The molecule has 1 atom stereocenters. The van der Waals surface area contributed by atoms with Gasteiger partial charge in [0.2, 0.25) is 17.6 Å². The van der Waals surface area contributed by atoms with Crippen LogP contribution in [0.3, 0.4) is 0 Å². The van der Waals surface area contributed by atoms with Crippen molar-refractivity contribution in [2.45, 2.75) is 12.5 Å². The molecule has 7 nitrogen and oxygen atoms in total. The lowest BCUT2D eigenvalue weighted by Gasteiger charge is -2.04. The third-order valence-corrected chi connectivity index (χ3v) is 2.10. The summed E-state index contributed by atoms with van der Waals surface area (Å²) in [5.74, 6) is -3.30. The van der Waals surface area contributed by atoms with E-state index >= 15 is 0 Å². The number of ketones is 1. The van der Waals surface area contributed by atoms with Crippen LogP contribution in [0.25, 0.3) is 0 Å². The summed E-state index contributed by atoms with van der Waals surface area (Å²) >= 11 is 5.19. The monoisotopic (exact) mass is 248 g/mol. The van der Waals surface area contributed by atoms with Crippen molar-refractivity contribution < 1.29 is 24.3 Å². The number of hydrogen-bond donors (Lipinski definition) is 2. The van der Waals surface area contributed by atoms with Crippen LogP contribution in [0.2, 0.25) is 0 Å². The quantitative estimate of drug-likeness (QED) is 0.285. The van der Waals surface area contributed by atoms with Gasteiger partial charge in [0.1, 0.15) is 0 Å². The van der Waals surface area contributed by atoms with Gasteiger partial charge in [-0.05, 0) is 0 Å². The maximum Gasteiger partial charge on any atom is 0.361 e. The molecule has 0 bridgehead atoms. The highest BCUT2D eigenvalue weighted by Gasteiger charge is 2.27. The van der Waals surface area contributed by atoms with Crippen LogP contribution in [-0.2, 0) is 19.2 Å². The third kappa shape index (κ3) is 2.93. The summed E-state index contributed by atoms with van der Waals surface area (Å²) in [7, 11) is 0. The summed E-state index contributed by atoms with van der Waals surface area (Å²) in [6.07, 6.45) is -0.470. The Labute approximate surface area is 95.4 Å². The number of carbonyl (C=O) groups is 3. The minimum absolute atomic E-state index is 0.379.